The van der Waals surface area contributed by atoms with Gasteiger partial charge in [0.15, 0.2) is 0 Å². The molecular weight excluding hydrogens is 292 g/mol. The number of nitrogens with two attached hydrogens (primary N) is 1. The molecule has 1 fully saturated rings. The lowest BCUT2D eigenvalue weighted by Crippen LogP contribution is -2.34. The van der Waals surface area contributed by atoms with Crippen molar-refractivity contribution in [3.05, 3.63) is 23.8 Å². The molecule has 20 heavy (non-hydrogen) atoms. The molecule has 0 atom stereocenters. The highest BCUT2D eigenvalue weighted by Crippen LogP contribution is 2.33. The molecule has 2 rings (SSSR count). The van der Waals surface area contributed by atoms with Crippen LogP contribution in [-0.4, -0.2) is 36.3 Å². The van der Waals surface area contributed by atoms with Crippen LogP contribution >= 0.6 is 11.8 Å². The highest BCUT2D eigenvalue weighted by atomic mass is 32.2. The van der Waals surface area contributed by atoms with Crippen molar-refractivity contribution in [2.75, 3.05) is 24.6 Å². The molecule has 0 radical (unpaired) electrons. The van der Waals surface area contributed by atoms with Gasteiger partial charge in [-0.05, 0) is 31.0 Å². The van der Waals surface area contributed by atoms with Crippen LogP contribution in [0.1, 0.15) is 25.8 Å². The summed E-state index contributed by atoms with van der Waals surface area (Å²) in [6.07, 6.45) is 0.859. The number of hydrogen-bond acceptors (Lipinski definition) is 4. The maximum Gasteiger partial charge on any atom is 0.243 e. The minimum atomic E-state index is -3.45. The zero-order valence-corrected chi connectivity index (χ0v) is 13.9. The standard InChI is InChI=1S/C14H22N2O2S2/c1-11-4-5-12(15)10-13(11)20(17,18)16-7-6-14(2,3)19-9-8-16/h4-5,10H,6-9,15H2,1-3H3. The van der Waals surface area contributed by atoms with Crippen LogP contribution in [0.25, 0.3) is 0 Å². The summed E-state index contributed by atoms with van der Waals surface area (Å²) in [5.41, 5.74) is 6.97. The Hall–Kier alpha value is -0.720. The van der Waals surface area contributed by atoms with E-state index in [-0.39, 0.29) is 4.75 Å². The van der Waals surface area contributed by atoms with Crippen molar-refractivity contribution in [1.82, 2.24) is 4.31 Å². The molecule has 0 aliphatic carbocycles. The van der Waals surface area contributed by atoms with Crippen LogP contribution in [0, 0.1) is 6.92 Å². The first-order chi connectivity index (χ1) is 9.22. The van der Waals surface area contributed by atoms with Crippen LogP contribution in [0.3, 0.4) is 0 Å². The van der Waals surface area contributed by atoms with Crippen molar-refractivity contribution < 1.29 is 8.42 Å². The fourth-order valence-electron chi connectivity index (χ4n) is 2.28. The van der Waals surface area contributed by atoms with Gasteiger partial charge in [0.05, 0.1) is 4.90 Å². The average Bonchev–Trinajstić information content (AvgIpc) is 2.53. The van der Waals surface area contributed by atoms with Gasteiger partial charge in [0.2, 0.25) is 10.0 Å². The predicted molar refractivity (Wildman–Crippen MR) is 85.5 cm³/mol. The van der Waals surface area contributed by atoms with E-state index in [1.165, 1.54) is 0 Å². The highest BCUT2D eigenvalue weighted by molar-refractivity contribution is 8.00. The molecule has 0 amide bonds. The quantitative estimate of drug-likeness (QED) is 0.852. The molecular formula is C14H22N2O2S2. The molecule has 1 heterocycles. The van der Waals surface area contributed by atoms with Crippen LogP contribution in [0.2, 0.25) is 0 Å². The van der Waals surface area contributed by atoms with E-state index < -0.39 is 10.0 Å². The molecule has 0 bridgehead atoms. The monoisotopic (exact) mass is 314 g/mol. The van der Waals surface area contributed by atoms with Gasteiger partial charge in [0.25, 0.3) is 0 Å². The van der Waals surface area contributed by atoms with E-state index in [2.05, 4.69) is 13.8 Å². The van der Waals surface area contributed by atoms with Crippen molar-refractivity contribution >= 4 is 27.5 Å². The average molecular weight is 314 g/mol. The number of hydrogen-bond donors (Lipinski definition) is 1. The Morgan fingerprint density at radius 2 is 2.00 bits per heavy atom. The Bertz CT molecular complexity index is 597. The summed E-state index contributed by atoms with van der Waals surface area (Å²) >= 11 is 1.83. The van der Waals surface area contributed by atoms with Crippen molar-refractivity contribution in [1.29, 1.82) is 0 Å². The zero-order valence-electron chi connectivity index (χ0n) is 12.2. The molecule has 2 N–H and O–H groups in total. The van der Waals surface area contributed by atoms with E-state index in [9.17, 15) is 8.42 Å². The van der Waals surface area contributed by atoms with Crippen LogP contribution in [-0.2, 0) is 10.0 Å². The van der Waals surface area contributed by atoms with Gasteiger partial charge < -0.3 is 5.73 Å². The second kappa shape index (κ2) is 5.58. The summed E-state index contributed by atoms with van der Waals surface area (Å²) in [4.78, 5) is 0.335. The third kappa shape index (κ3) is 3.30. The molecule has 4 nitrogen and oxygen atoms in total. The van der Waals surface area contributed by atoms with E-state index in [0.29, 0.717) is 23.7 Å². The summed E-state index contributed by atoms with van der Waals surface area (Å²) in [5.74, 6) is 0.827. The molecule has 0 aromatic heterocycles. The SMILES string of the molecule is Cc1ccc(N)cc1S(=O)(=O)N1CCSC(C)(C)CC1. The van der Waals surface area contributed by atoms with Gasteiger partial charge in [-0.1, -0.05) is 19.9 Å². The Morgan fingerprint density at radius 1 is 1.30 bits per heavy atom. The van der Waals surface area contributed by atoms with Crippen LogP contribution in [0.4, 0.5) is 5.69 Å². The van der Waals surface area contributed by atoms with Crippen molar-refractivity contribution in [3.8, 4) is 0 Å². The van der Waals surface area contributed by atoms with Gasteiger partial charge in [-0.15, -0.1) is 0 Å². The number of nitrogen functional groups attached to an aromatic ring is 1. The lowest BCUT2D eigenvalue weighted by Gasteiger charge is -2.23. The fourth-order valence-corrected chi connectivity index (χ4v) is 5.19. The highest BCUT2D eigenvalue weighted by Gasteiger charge is 2.31. The fraction of sp³-hybridized carbons (Fsp3) is 0.571. The topological polar surface area (TPSA) is 63.4 Å². The van der Waals surface area contributed by atoms with Crippen molar-refractivity contribution in [2.45, 2.75) is 36.8 Å². The summed E-state index contributed by atoms with van der Waals surface area (Å²) in [7, 11) is -3.45. The maximum absolute atomic E-state index is 12.8. The first-order valence-electron chi connectivity index (χ1n) is 6.73. The second-order valence-corrected chi connectivity index (χ2v) is 9.50. The van der Waals surface area contributed by atoms with Gasteiger partial charge in [-0.3, -0.25) is 0 Å². The van der Waals surface area contributed by atoms with E-state index in [1.807, 2.05) is 18.7 Å². The molecule has 1 aromatic rings. The summed E-state index contributed by atoms with van der Waals surface area (Å²) in [6, 6.07) is 5.06. The Balaban J connectivity index is 2.33. The van der Waals surface area contributed by atoms with Gasteiger partial charge in [-0.2, -0.15) is 16.1 Å². The number of sulfonamides is 1. The third-order valence-corrected chi connectivity index (χ3v) is 7.04. The molecule has 0 unspecified atom stereocenters. The number of aryl methyl sites for hydroxylation is 1. The molecule has 1 aromatic carbocycles. The second-order valence-electron chi connectivity index (χ2n) is 5.79. The normalized spacial score (nSPS) is 20.6. The van der Waals surface area contributed by atoms with Gasteiger partial charge in [0.1, 0.15) is 0 Å². The number of rotatable bonds is 2. The summed E-state index contributed by atoms with van der Waals surface area (Å²) in [5, 5.41) is 0. The number of anilines is 1. The van der Waals surface area contributed by atoms with Crippen molar-refractivity contribution in [3.63, 3.8) is 0 Å². The summed E-state index contributed by atoms with van der Waals surface area (Å²) in [6.45, 7) is 7.27. The van der Waals surface area contributed by atoms with E-state index in [0.717, 1.165) is 17.7 Å². The van der Waals surface area contributed by atoms with Crippen LogP contribution in [0.15, 0.2) is 23.1 Å². The zero-order chi connectivity index (χ0) is 15.0. The van der Waals surface area contributed by atoms with E-state index >= 15 is 0 Å². The van der Waals surface area contributed by atoms with Gasteiger partial charge in [0, 0.05) is 29.3 Å². The summed E-state index contributed by atoms with van der Waals surface area (Å²) < 4.78 is 27.3. The third-order valence-electron chi connectivity index (χ3n) is 3.63. The minimum Gasteiger partial charge on any atom is -0.399 e. The molecule has 6 heteroatoms. The number of benzene rings is 1. The number of thioether (sulfide) groups is 1. The Labute approximate surface area is 125 Å². The van der Waals surface area contributed by atoms with E-state index in [4.69, 9.17) is 5.73 Å². The molecule has 112 valence electrons. The smallest absolute Gasteiger partial charge is 0.243 e. The van der Waals surface area contributed by atoms with Crippen LogP contribution in [0.5, 0.6) is 0 Å². The van der Waals surface area contributed by atoms with E-state index in [1.54, 1.807) is 22.5 Å². The molecule has 1 saturated heterocycles. The molecule has 0 saturated carbocycles. The minimum absolute atomic E-state index is 0.134. The van der Waals surface area contributed by atoms with Gasteiger partial charge in [-0.25, -0.2) is 8.42 Å². The molecule has 1 aliphatic heterocycles. The largest absolute Gasteiger partial charge is 0.399 e. The maximum atomic E-state index is 12.8. The predicted octanol–water partition coefficient (Wildman–Crippen LogP) is 2.48. The van der Waals surface area contributed by atoms with Crippen LogP contribution < -0.4 is 5.73 Å². The van der Waals surface area contributed by atoms with Crippen molar-refractivity contribution in [2.24, 2.45) is 0 Å². The lowest BCUT2D eigenvalue weighted by molar-refractivity contribution is 0.415. The molecule has 0 spiro atoms. The molecule has 1 aliphatic rings. The Kier molecular flexibility index (Phi) is 4.37. The first kappa shape index (κ1) is 15.7. The lowest BCUT2D eigenvalue weighted by atomic mass is 10.1. The first-order valence-corrected chi connectivity index (χ1v) is 9.15. The number of nitrogens with zero attached hydrogens (tertiary/aromatic N) is 1. The Morgan fingerprint density at radius 3 is 2.70 bits per heavy atom. The van der Waals surface area contributed by atoms with Gasteiger partial charge >= 0.3 is 0 Å².